The Bertz CT molecular complexity index is 1130. The van der Waals surface area contributed by atoms with Crippen molar-refractivity contribution in [2.45, 2.75) is 13.3 Å². The number of aromatic nitrogens is 1. The number of rotatable bonds is 4. The zero-order chi connectivity index (χ0) is 19.7. The smallest absolute Gasteiger partial charge is 0.255 e. The average Bonchev–Trinajstić information content (AvgIpc) is 2.74. The molecule has 28 heavy (non-hydrogen) atoms. The predicted molar refractivity (Wildman–Crippen MR) is 112 cm³/mol. The van der Waals surface area contributed by atoms with Gasteiger partial charge in [-0.3, -0.25) is 9.20 Å². The number of nitrogens with zero attached hydrogens (tertiary/aromatic N) is 1. The minimum absolute atomic E-state index is 0.0400. The van der Waals surface area contributed by atoms with E-state index in [1.807, 2.05) is 24.4 Å². The molecule has 144 valence electrons. The van der Waals surface area contributed by atoms with Gasteiger partial charge in [0.2, 0.25) is 0 Å². The molecule has 0 radical (unpaired) electrons. The molecule has 0 aliphatic carbocycles. The summed E-state index contributed by atoms with van der Waals surface area (Å²) in [6.45, 7) is 3.90. The van der Waals surface area contributed by atoms with E-state index in [1.165, 1.54) is 5.57 Å². The van der Waals surface area contributed by atoms with Crippen LogP contribution in [0.1, 0.15) is 17.5 Å². The quantitative estimate of drug-likeness (QED) is 0.755. The molecule has 0 fully saturated rings. The van der Waals surface area contributed by atoms with Gasteiger partial charge in [0, 0.05) is 18.8 Å². The maximum atomic E-state index is 12.9. The largest absolute Gasteiger partial charge is 0.493 e. The Balaban J connectivity index is 1.84. The van der Waals surface area contributed by atoms with Crippen molar-refractivity contribution in [2.24, 2.45) is 0 Å². The van der Waals surface area contributed by atoms with Gasteiger partial charge in [0.1, 0.15) is 0 Å². The topological polar surface area (TPSA) is 52.0 Å². The Morgan fingerprint density at radius 1 is 0.964 bits per heavy atom. The maximum Gasteiger partial charge on any atom is 0.255 e. The van der Waals surface area contributed by atoms with Gasteiger partial charge < -0.3 is 14.8 Å². The Morgan fingerprint density at radius 3 is 2.50 bits per heavy atom. The molecule has 0 saturated carbocycles. The van der Waals surface area contributed by atoms with Gasteiger partial charge in [-0.25, -0.2) is 0 Å². The summed E-state index contributed by atoms with van der Waals surface area (Å²) in [4.78, 5) is 12.9. The van der Waals surface area contributed by atoms with Crippen LogP contribution in [0.2, 0.25) is 0 Å². The van der Waals surface area contributed by atoms with Gasteiger partial charge in [-0.05, 0) is 72.0 Å². The fraction of sp³-hybridized carbons (Fsp3) is 0.261. The third-order valence-electron chi connectivity index (χ3n) is 5.26. The van der Waals surface area contributed by atoms with E-state index in [0.29, 0.717) is 11.5 Å². The molecule has 5 heteroatoms. The summed E-state index contributed by atoms with van der Waals surface area (Å²) in [5.41, 5.74) is 6.14. The Hall–Kier alpha value is -3.05. The lowest BCUT2D eigenvalue weighted by Crippen LogP contribution is -2.20. The molecule has 2 aromatic heterocycles. The van der Waals surface area contributed by atoms with Gasteiger partial charge in [-0.1, -0.05) is 12.1 Å². The van der Waals surface area contributed by atoms with E-state index in [4.69, 9.17) is 9.47 Å². The first kappa shape index (κ1) is 18.3. The fourth-order valence-corrected chi connectivity index (χ4v) is 3.74. The number of ether oxygens (including phenoxy) is 2. The summed E-state index contributed by atoms with van der Waals surface area (Å²) in [6.07, 6.45) is 5.14. The molecule has 0 amide bonds. The molecule has 1 aliphatic heterocycles. The third-order valence-corrected chi connectivity index (χ3v) is 5.26. The van der Waals surface area contributed by atoms with Crippen molar-refractivity contribution < 1.29 is 9.47 Å². The van der Waals surface area contributed by atoms with Crippen LogP contribution >= 0.6 is 0 Å². The summed E-state index contributed by atoms with van der Waals surface area (Å²) in [7, 11) is 3.22. The molecule has 4 rings (SSSR count). The van der Waals surface area contributed by atoms with Crippen LogP contribution in [0, 0.1) is 6.92 Å². The number of hydrogen-bond donors (Lipinski definition) is 1. The first-order chi connectivity index (χ1) is 13.6. The van der Waals surface area contributed by atoms with Crippen LogP contribution in [-0.4, -0.2) is 31.7 Å². The van der Waals surface area contributed by atoms with E-state index in [2.05, 4.69) is 30.4 Å². The van der Waals surface area contributed by atoms with E-state index >= 15 is 0 Å². The van der Waals surface area contributed by atoms with E-state index in [0.717, 1.165) is 47.3 Å². The lowest BCUT2D eigenvalue weighted by atomic mass is 9.99. The zero-order valence-corrected chi connectivity index (χ0v) is 16.4. The van der Waals surface area contributed by atoms with Crippen LogP contribution in [0.3, 0.4) is 0 Å². The highest BCUT2D eigenvalue weighted by Crippen LogP contribution is 2.32. The normalized spacial score (nSPS) is 14.0. The molecule has 1 aromatic carbocycles. The van der Waals surface area contributed by atoms with Crippen molar-refractivity contribution in [1.29, 1.82) is 0 Å². The summed E-state index contributed by atoms with van der Waals surface area (Å²) in [5, 5.41) is 3.33. The third kappa shape index (κ3) is 3.29. The second-order valence-corrected chi connectivity index (χ2v) is 7.00. The standard InChI is InChI=1S/C23H24N2O3/c1-15-10-19(16-6-8-24-9-7-16)14-25-20(15)11-18(13-23(25)26)17-4-5-21(27-2)22(12-17)28-3/h4-6,10-14,24H,7-9H2,1-3H3. The van der Waals surface area contributed by atoms with Crippen LogP contribution in [0.4, 0.5) is 0 Å². The highest BCUT2D eigenvalue weighted by molar-refractivity contribution is 5.75. The number of nitrogens with one attached hydrogen (secondary N) is 1. The van der Waals surface area contributed by atoms with Crippen molar-refractivity contribution >= 4 is 11.1 Å². The van der Waals surface area contributed by atoms with Crippen molar-refractivity contribution in [2.75, 3.05) is 27.3 Å². The molecule has 0 atom stereocenters. The summed E-state index contributed by atoms with van der Waals surface area (Å²) in [6, 6.07) is 11.6. The molecule has 1 N–H and O–H groups in total. The van der Waals surface area contributed by atoms with E-state index < -0.39 is 0 Å². The lowest BCUT2D eigenvalue weighted by molar-refractivity contribution is 0.355. The Labute approximate surface area is 164 Å². The van der Waals surface area contributed by atoms with E-state index in [-0.39, 0.29) is 5.56 Å². The van der Waals surface area contributed by atoms with Crippen LogP contribution in [0.25, 0.3) is 22.2 Å². The van der Waals surface area contributed by atoms with Gasteiger partial charge in [0.05, 0.1) is 19.7 Å². The van der Waals surface area contributed by atoms with Crippen molar-refractivity contribution in [1.82, 2.24) is 9.72 Å². The highest BCUT2D eigenvalue weighted by Gasteiger charge is 2.12. The first-order valence-electron chi connectivity index (χ1n) is 9.40. The predicted octanol–water partition coefficient (Wildman–Crippen LogP) is 3.67. The molecule has 0 unspecified atom stereocenters. The lowest BCUT2D eigenvalue weighted by Gasteiger charge is -2.17. The van der Waals surface area contributed by atoms with Gasteiger partial charge in [-0.2, -0.15) is 0 Å². The van der Waals surface area contributed by atoms with Crippen LogP contribution in [-0.2, 0) is 0 Å². The summed E-state index contributed by atoms with van der Waals surface area (Å²) in [5.74, 6) is 1.31. The minimum Gasteiger partial charge on any atom is -0.493 e. The number of fused-ring (bicyclic) bond motifs is 1. The molecular weight excluding hydrogens is 352 g/mol. The molecule has 5 nitrogen and oxygen atoms in total. The highest BCUT2D eigenvalue weighted by atomic mass is 16.5. The average molecular weight is 376 g/mol. The van der Waals surface area contributed by atoms with Crippen LogP contribution < -0.4 is 20.3 Å². The van der Waals surface area contributed by atoms with E-state index in [1.54, 1.807) is 24.7 Å². The molecule has 1 aliphatic rings. The number of benzene rings is 1. The van der Waals surface area contributed by atoms with Crippen LogP contribution in [0.5, 0.6) is 11.5 Å². The van der Waals surface area contributed by atoms with Gasteiger partial charge in [0.15, 0.2) is 11.5 Å². The van der Waals surface area contributed by atoms with Crippen molar-refractivity contribution in [3.8, 4) is 22.6 Å². The SMILES string of the molecule is COc1ccc(-c2cc(=O)n3cc(C4=CCNCC4)cc(C)c3c2)cc1OC. The molecule has 3 aromatic rings. The fourth-order valence-electron chi connectivity index (χ4n) is 3.74. The molecule has 3 heterocycles. The van der Waals surface area contributed by atoms with Crippen LogP contribution in [0.15, 0.2) is 53.5 Å². The van der Waals surface area contributed by atoms with Crippen molar-refractivity contribution in [3.63, 3.8) is 0 Å². The second kappa shape index (κ2) is 7.52. The summed E-state index contributed by atoms with van der Waals surface area (Å²) < 4.78 is 12.5. The van der Waals surface area contributed by atoms with Crippen molar-refractivity contribution in [3.05, 3.63) is 70.2 Å². The molecule has 0 bridgehead atoms. The monoisotopic (exact) mass is 376 g/mol. The summed E-state index contributed by atoms with van der Waals surface area (Å²) >= 11 is 0. The van der Waals surface area contributed by atoms with E-state index in [9.17, 15) is 4.79 Å². The second-order valence-electron chi connectivity index (χ2n) is 7.00. The van der Waals surface area contributed by atoms with Gasteiger partial charge in [0.25, 0.3) is 5.56 Å². The van der Waals surface area contributed by atoms with Gasteiger partial charge in [-0.15, -0.1) is 0 Å². The number of methoxy groups -OCH3 is 2. The maximum absolute atomic E-state index is 12.9. The zero-order valence-electron chi connectivity index (χ0n) is 16.4. The Morgan fingerprint density at radius 2 is 1.79 bits per heavy atom. The Kier molecular flexibility index (Phi) is 4.92. The minimum atomic E-state index is -0.0400. The molecular formula is C23H24N2O3. The number of hydrogen-bond acceptors (Lipinski definition) is 4. The number of aryl methyl sites for hydroxylation is 1. The molecule has 0 saturated heterocycles. The molecule has 0 spiro atoms. The first-order valence-corrected chi connectivity index (χ1v) is 9.40. The van der Waals surface area contributed by atoms with Gasteiger partial charge >= 0.3 is 0 Å². The number of pyridine rings is 2.